The van der Waals surface area contributed by atoms with Crippen LogP contribution in [0.4, 0.5) is 0 Å². The van der Waals surface area contributed by atoms with Gasteiger partial charge in [0.1, 0.15) is 0 Å². The highest BCUT2D eigenvalue weighted by atomic mass is 16.5. The topological polar surface area (TPSA) is 61.7 Å². The molecule has 14 heavy (non-hydrogen) atoms. The van der Waals surface area contributed by atoms with Crippen LogP contribution in [0.25, 0.3) is 0 Å². The molecule has 0 aromatic carbocycles. The van der Waals surface area contributed by atoms with Gasteiger partial charge in [0.15, 0.2) is 0 Å². The van der Waals surface area contributed by atoms with Gasteiger partial charge in [-0.3, -0.25) is 0 Å². The first-order chi connectivity index (χ1) is 6.67. The Balaban J connectivity index is 4.24. The fourth-order valence-corrected chi connectivity index (χ4v) is 1.36. The van der Waals surface area contributed by atoms with E-state index in [1.54, 1.807) is 7.11 Å². The lowest BCUT2D eigenvalue weighted by Crippen LogP contribution is -2.56. The number of rotatable bonds is 8. The van der Waals surface area contributed by atoms with E-state index in [0.717, 1.165) is 6.42 Å². The van der Waals surface area contributed by atoms with Crippen molar-refractivity contribution in [2.75, 3.05) is 26.9 Å². The summed E-state index contributed by atoms with van der Waals surface area (Å²) in [4.78, 5) is 0. The molecule has 86 valence electrons. The molecule has 0 rings (SSSR count). The minimum absolute atomic E-state index is 0.0553. The first-order valence-corrected chi connectivity index (χ1v) is 5.16. The summed E-state index contributed by atoms with van der Waals surface area (Å²) in [5.41, 5.74) is -0.570. The average Bonchev–Trinajstić information content (AvgIpc) is 2.25. The summed E-state index contributed by atoms with van der Waals surface area (Å²) in [7, 11) is 1.65. The number of ether oxygens (including phenoxy) is 1. The Bertz CT molecular complexity index is 129. The Kier molecular flexibility index (Phi) is 7.09. The fraction of sp³-hybridized carbons (Fsp3) is 1.00. The summed E-state index contributed by atoms with van der Waals surface area (Å²) in [5, 5.41) is 21.7. The highest BCUT2D eigenvalue weighted by Gasteiger charge is 2.28. The molecule has 0 aromatic heterocycles. The molecule has 4 nitrogen and oxygen atoms in total. The van der Waals surface area contributed by atoms with Gasteiger partial charge in [-0.25, -0.2) is 0 Å². The predicted molar refractivity (Wildman–Crippen MR) is 56.3 cm³/mol. The van der Waals surface area contributed by atoms with Crippen molar-refractivity contribution >= 4 is 0 Å². The number of aliphatic hydroxyl groups excluding tert-OH is 2. The van der Waals surface area contributed by atoms with Crippen molar-refractivity contribution in [3.05, 3.63) is 0 Å². The molecule has 0 saturated heterocycles. The van der Waals surface area contributed by atoms with Crippen LogP contribution in [-0.4, -0.2) is 48.7 Å². The van der Waals surface area contributed by atoms with Crippen LogP contribution in [-0.2, 0) is 4.74 Å². The summed E-state index contributed by atoms with van der Waals surface area (Å²) >= 11 is 0. The second kappa shape index (κ2) is 7.17. The Morgan fingerprint density at radius 2 is 1.86 bits per heavy atom. The van der Waals surface area contributed by atoms with Gasteiger partial charge in [-0.15, -0.1) is 0 Å². The lowest BCUT2D eigenvalue weighted by atomic mass is 9.96. The molecule has 0 aromatic rings. The summed E-state index contributed by atoms with van der Waals surface area (Å²) in [5.74, 6) is 0. The normalized spacial score (nSPS) is 14.4. The molecule has 3 N–H and O–H groups in total. The zero-order valence-electron chi connectivity index (χ0n) is 9.42. The number of hydrogen-bond donors (Lipinski definition) is 3. The second-order valence-corrected chi connectivity index (χ2v) is 3.65. The standard InChI is InChI=1S/C10H23NO3/c1-4-9(6-14-3)11-10(5-2,7-12)8-13/h9,11-13H,4-8H2,1-3H3. The van der Waals surface area contributed by atoms with Gasteiger partial charge in [-0.05, 0) is 12.8 Å². The van der Waals surface area contributed by atoms with Crippen molar-refractivity contribution in [1.82, 2.24) is 5.32 Å². The molecular weight excluding hydrogens is 182 g/mol. The van der Waals surface area contributed by atoms with Crippen molar-refractivity contribution in [3.8, 4) is 0 Å². The largest absolute Gasteiger partial charge is 0.394 e. The molecule has 0 aliphatic rings. The molecule has 0 aliphatic heterocycles. The number of nitrogens with one attached hydrogen (secondary N) is 1. The van der Waals surface area contributed by atoms with Crippen LogP contribution >= 0.6 is 0 Å². The molecule has 0 spiro atoms. The van der Waals surface area contributed by atoms with Gasteiger partial charge < -0.3 is 20.3 Å². The highest BCUT2D eigenvalue weighted by molar-refractivity contribution is 4.88. The molecule has 1 unspecified atom stereocenters. The van der Waals surface area contributed by atoms with Gasteiger partial charge >= 0.3 is 0 Å². The highest BCUT2D eigenvalue weighted by Crippen LogP contribution is 2.10. The van der Waals surface area contributed by atoms with Gasteiger partial charge in [-0.1, -0.05) is 13.8 Å². The van der Waals surface area contributed by atoms with Gasteiger partial charge in [0, 0.05) is 13.2 Å². The van der Waals surface area contributed by atoms with Crippen molar-refractivity contribution in [1.29, 1.82) is 0 Å². The number of aliphatic hydroxyl groups is 2. The first-order valence-electron chi connectivity index (χ1n) is 5.16. The third kappa shape index (κ3) is 3.92. The van der Waals surface area contributed by atoms with E-state index >= 15 is 0 Å². The monoisotopic (exact) mass is 205 g/mol. The maximum Gasteiger partial charge on any atom is 0.0648 e. The predicted octanol–water partition coefficient (Wildman–Crippen LogP) is 0.134. The van der Waals surface area contributed by atoms with Crippen molar-refractivity contribution in [2.45, 2.75) is 38.3 Å². The third-order valence-corrected chi connectivity index (χ3v) is 2.65. The molecule has 0 heterocycles. The van der Waals surface area contributed by atoms with Crippen molar-refractivity contribution in [3.63, 3.8) is 0 Å². The summed E-state index contributed by atoms with van der Waals surface area (Å²) in [6.07, 6.45) is 1.61. The molecule has 0 bridgehead atoms. The maximum absolute atomic E-state index is 9.23. The Labute approximate surface area is 86.3 Å². The van der Waals surface area contributed by atoms with Crippen LogP contribution in [0, 0.1) is 0 Å². The number of hydrogen-bond acceptors (Lipinski definition) is 4. The van der Waals surface area contributed by atoms with Crippen LogP contribution in [0.15, 0.2) is 0 Å². The van der Waals surface area contributed by atoms with E-state index in [-0.39, 0.29) is 19.3 Å². The van der Waals surface area contributed by atoms with E-state index < -0.39 is 5.54 Å². The fourth-order valence-electron chi connectivity index (χ4n) is 1.36. The lowest BCUT2D eigenvalue weighted by molar-refractivity contribution is 0.0603. The van der Waals surface area contributed by atoms with Gasteiger partial charge in [0.25, 0.3) is 0 Å². The van der Waals surface area contributed by atoms with Gasteiger partial charge in [0.05, 0.1) is 25.4 Å². The summed E-state index contributed by atoms with van der Waals surface area (Å²) in [6, 6.07) is 0.180. The molecular formula is C10H23NO3. The minimum atomic E-state index is -0.570. The van der Waals surface area contributed by atoms with Crippen molar-refractivity contribution in [2.24, 2.45) is 0 Å². The summed E-state index contributed by atoms with van der Waals surface area (Å²) in [6.45, 7) is 4.48. The third-order valence-electron chi connectivity index (χ3n) is 2.65. The molecule has 0 aliphatic carbocycles. The quantitative estimate of drug-likeness (QED) is 0.527. The zero-order chi connectivity index (χ0) is 11.0. The molecule has 0 amide bonds. The van der Waals surface area contributed by atoms with Crippen LogP contribution in [0.2, 0.25) is 0 Å². The zero-order valence-corrected chi connectivity index (χ0v) is 9.42. The van der Waals surface area contributed by atoms with Crippen LogP contribution in [0.1, 0.15) is 26.7 Å². The van der Waals surface area contributed by atoms with Gasteiger partial charge in [0.2, 0.25) is 0 Å². The molecule has 0 radical (unpaired) electrons. The van der Waals surface area contributed by atoms with Crippen LogP contribution < -0.4 is 5.32 Å². The van der Waals surface area contributed by atoms with E-state index in [2.05, 4.69) is 5.32 Å². The summed E-state index contributed by atoms with van der Waals surface area (Å²) < 4.78 is 5.05. The van der Waals surface area contributed by atoms with Crippen LogP contribution in [0.5, 0.6) is 0 Å². The Morgan fingerprint density at radius 3 is 2.14 bits per heavy atom. The second-order valence-electron chi connectivity index (χ2n) is 3.65. The van der Waals surface area contributed by atoms with E-state index in [1.165, 1.54) is 0 Å². The minimum Gasteiger partial charge on any atom is -0.394 e. The number of methoxy groups -OCH3 is 1. The maximum atomic E-state index is 9.23. The molecule has 1 atom stereocenters. The lowest BCUT2D eigenvalue weighted by Gasteiger charge is -2.34. The van der Waals surface area contributed by atoms with E-state index in [4.69, 9.17) is 4.74 Å². The average molecular weight is 205 g/mol. The van der Waals surface area contributed by atoms with E-state index in [1.807, 2.05) is 13.8 Å². The first kappa shape index (κ1) is 13.8. The van der Waals surface area contributed by atoms with Crippen molar-refractivity contribution < 1.29 is 14.9 Å². The Hall–Kier alpha value is -0.160. The SMILES string of the molecule is CCC(COC)NC(CC)(CO)CO. The Morgan fingerprint density at radius 1 is 1.29 bits per heavy atom. The van der Waals surface area contributed by atoms with Gasteiger partial charge in [-0.2, -0.15) is 0 Å². The molecule has 0 fully saturated rings. The van der Waals surface area contributed by atoms with E-state index in [9.17, 15) is 10.2 Å². The molecule has 0 saturated carbocycles. The smallest absolute Gasteiger partial charge is 0.0648 e. The van der Waals surface area contributed by atoms with Crippen LogP contribution in [0.3, 0.4) is 0 Å². The van der Waals surface area contributed by atoms with E-state index in [0.29, 0.717) is 13.0 Å². The molecule has 4 heteroatoms.